The van der Waals surface area contributed by atoms with Crippen molar-refractivity contribution in [1.82, 2.24) is 0 Å². The highest BCUT2D eigenvalue weighted by molar-refractivity contribution is 6.32. The molecule has 0 spiro atoms. The molecule has 0 unspecified atom stereocenters. The molecule has 0 aromatic heterocycles. The molecule has 0 saturated heterocycles. The van der Waals surface area contributed by atoms with E-state index in [1.54, 1.807) is 13.0 Å². The van der Waals surface area contributed by atoms with Crippen LogP contribution in [0.25, 0.3) is 0 Å². The molecule has 0 saturated carbocycles. The van der Waals surface area contributed by atoms with Gasteiger partial charge >= 0.3 is 5.97 Å². The van der Waals surface area contributed by atoms with E-state index in [-0.39, 0.29) is 11.3 Å². The first-order valence-electron chi connectivity index (χ1n) is 3.32. The van der Waals surface area contributed by atoms with Crippen LogP contribution in [0.3, 0.4) is 0 Å². The average Bonchev–Trinajstić information content (AvgIpc) is 1.97. The summed E-state index contributed by atoms with van der Waals surface area (Å²) in [5, 5.41) is 9.15. The normalized spacial score (nSPS) is 9.83. The summed E-state index contributed by atoms with van der Waals surface area (Å²) in [6.45, 7) is 1.63. The van der Waals surface area contributed by atoms with E-state index < -0.39 is 5.97 Å². The SMILES string of the molecule is Cc1c(Cl)ccc(N)c1C(=O)O. The number of rotatable bonds is 1. The van der Waals surface area contributed by atoms with E-state index >= 15 is 0 Å². The molecule has 4 heteroatoms. The second-order valence-corrected chi connectivity index (χ2v) is 2.85. The van der Waals surface area contributed by atoms with Gasteiger partial charge in [0.2, 0.25) is 0 Å². The first-order chi connectivity index (χ1) is 5.54. The van der Waals surface area contributed by atoms with Gasteiger partial charge in [0.05, 0.1) is 5.56 Å². The van der Waals surface area contributed by atoms with Gasteiger partial charge in [0.15, 0.2) is 0 Å². The van der Waals surface area contributed by atoms with Crippen molar-refractivity contribution in [3.8, 4) is 0 Å². The zero-order valence-corrected chi connectivity index (χ0v) is 7.22. The Balaban J connectivity index is 3.43. The van der Waals surface area contributed by atoms with Crippen molar-refractivity contribution in [3.63, 3.8) is 0 Å². The van der Waals surface area contributed by atoms with E-state index in [1.807, 2.05) is 0 Å². The zero-order valence-electron chi connectivity index (χ0n) is 6.47. The summed E-state index contributed by atoms with van der Waals surface area (Å²) < 4.78 is 0. The highest BCUT2D eigenvalue weighted by atomic mass is 35.5. The average molecular weight is 186 g/mol. The minimum atomic E-state index is -1.05. The minimum Gasteiger partial charge on any atom is -0.478 e. The Morgan fingerprint density at radius 2 is 2.17 bits per heavy atom. The lowest BCUT2D eigenvalue weighted by atomic mass is 10.1. The van der Waals surface area contributed by atoms with E-state index in [4.69, 9.17) is 22.4 Å². The second-order valence-electron chi connectivity index (χ2n) is 2.44. The van der Waals surface area contributed by atoms with Crippen LogP contribution < -0.4 is 5.73 Å². The van der Waals surface area contributed by atoms with Gasteiger partial charge in [-0.15, -0.1) is 0 Å². The lowest BCUT2D eigenvalue weighted by molar-refractivity contribution is 0.0697. The van der Waals surface area contributed by atoms with E-state index in [2.05, 4.69) is 0 Å². The van der Waals surface area contributed by atoms with E-state index in [0.717, 1.165) is 0 Å². The predicted molar refractivity (Wildman–Crippen MR) is 47.6 cm³/mol. The van der Waals surface area contributed by atoms with Crippen LogP contribution in [-0.4, -0.2) is 11.1 Å². The number of nitrogens with two attached hydrogens (primary N) is 1. The third-order valence-corrected chi connectivity index (χ3v) is 2.05. The van der Waals surface area contributed by atoms with Crippen LogP contribution in [0.4, 0.5) is 5.69 Å². The molecule has 0 amide bonds. The van der Waals surface area contributed by atoms with Gasteiger partial charge in [-0.05, 0) is 24.6 Å². The number of benzene rings is 1. The Morgan fingerprint density at radius 3 is 2.58 bits per heavy atom. The summed E-state index contributed by atoms with van der Waals surface area (Å²) in [4.78, 5) is 10.7. The quantitative estimate of drug-likeness (QED) is 0.658. The first kappa shape index (κ1) is 8.87. The molecule has 0 radical (unpaired) electrons. The van der Waals surface area contributed by atoms with Gasteiger partial charge in [-0.25, -0.2) is 4.79 Å². The Bertz CT molecular complexity index is 336. The Labute approximate surface area is 74.8 Å². The smallest absolute Gasteiger partial charge is 0.338 e. The maximum atomic E-state index is 10.7. The van der Waals surface area contributed by atoms with E-state index in [1.165, 1.54) is 6.07 Å². The third-order valence-electron chi connectivity index (χ3n) is 1.65. The number of carboxylic acid groups (broad SMARTS) is 1. The van der Waals surface area contributed by atoms with Crippen LogP contribution in [0.2, 0.25) is 5.02 Å². The molecule has 0 fully saturated rings. The topological polar surface area (TPSA) is 63.3 Å². The molecule has 1 aromatic carbocycles. The van der Waals surface area contributed by atoms with Crippen LogP contribution in [0.15, 0.2) is 12.1 Å². The number of carboxylic acids is 1. The highest BCUT2D eigenvalue weighted by Crippen LogP contribution is 2.23. The van der Waals surface area contributed by atoms with Crippen LogP contribution in [0, 0.1) is 6.92 Å². The maximum absolute atomic E-state index is 10.7. The Hall–Kier alpha value is -1.22. The third kappa shape index (κ3) is 1.36. The van der Waals surface area contributed by atoms with Gasteiger partial charge in [-0.3, -0.25) is 0 Å². The van der Waals surface area contributed by atoms with Crippen LogP contribution in [0.5, 0.6) is 0 Å². The summed E-state index contributed by atoms with van der Waals surface area (Å²) in [5.41, 5.74) is 6.28. The molecule has 1 rings (SSSR count). The molecule has 64 valence electrons. The number of nitrogen functional groups attached to an aromatic ring is 1. The van der Waals surface area contributed by atoms with Crippen molar-refractivity contribution in [1.29, 1.82) is 0 Å². The van der Waals surface area contributed by atoms with Gasteiger partial charge in [0, 0.05) is 10.7 Å². The van der Waals surface area contributed by atoms with Crippen molar-refractivity contribution >= 4 is 23.3 Å². The van der Waals surface area contributed by atoms with Crippen LogP contribution in [-0.2, 0) is 0 Å². The van der Waals surface area contributed by atoms with Crippen molar-refractivity contribution in [2.45, 2.75) is 6.92 Å². The van der Waals surface area contributed by atoms with Gasteiger partial charge < -0.3 is 10.8 Å². The van der Waals surface area contributed by atoms with Crippen LogP contribution >= 0.6 is 11.6 Å². The lowest BCUT2D eigenvalue weighted by Gasteiger charge is -2.05. The molecule has 1 aromatic rings. The molecule has 0 atom stereocenters. The summed E-state index contributed by atoms with van der Waals surface area (Å²) in [5.74, 6) is -1.05. The molecule has 0 heterocycles. The molecule has 0 bridgehead atoms. The lowest BCUT2D eigenvalue weighted by Crippen LogP contribution is -2.05. The van der Waals surface area contributed by atoms with Crippen molar-refractivity contribution in [3.05, 3.63) is 28.3 Å². The van der Waals surface area contributed by atoms with Crippen molar-refractivity contribution in [2.24, 2.45) is 0 Å². The number of hydrogen-bond acceptors (Lipinski definition) is 2. The Morgan fingerprint density at radius 1 is 1.58 bits per heavy atom. The molecule has 3 nitrogen and oxygen atoms in total. The molecular formula is C8H8ClNO2. The zero-order chi connectivity index (χ0) is 9.30. The summed E-state index contributed by atoms with van der Waals surface area (Å²) in [6.07, 6.45) is 0. The molecule has 0 aliphatic rings. The molecule has 0 aliphatic carbocycles. The number of anilines is 1. The Kier molecular flexibility index (Phi) is 2.24. The predicted octanol–water partition coefficient (Wildman–Crippen LogP) is 1.93. The second kappa shape index (κ2) is 3.03. The minimum absolute atomic E-state index is 0.0856. The number of aromatic carboxylic acids is 1. The maximum Gasteiger partial charge on any atom is 0.338 e. The van der Waals surface area contributed by atoms with Crippen molar-refractivity contribution in [2.75, 3.05) is 5.73 Å². The number of hydrogen-bond donors (Lipinski definition) is 2. The fourth-order valence-corrected chi connectivity index (χ4v) is 1.15. The molecule has 0 aliphatic heterocycles. The standard InChI is InChI=1S/C8H8ClNO2/c1-4-5(9)2-3-6(10)7(4)8(11)12/h2-3H,10H2,1H3,(H,11,12). The van der Waals surface area contributed by atoms with Gasteiger partial charge in [-0.2, -0.15) is 0 Å². The fraction of sp³-hybridized carbons (Fsp3) is 0.125. The van der Waals surface area contributed by atoms with Crippen LogP contribution in [0.1, 0.15) is 15.9 Å². The largest absolute Gasteiger partial charge is 0.478 e. The van der Waals surface area contributed by atoms with E-state index in [9.17, 15) is 4.79 Å². The molecular weight excluding hydrogens is 178 g/mol. The van der Waals surface area contributed by atoms with Gasteiger partial charge in [0.25, 0.3) is 0 Å². The van der Waals surface area contributed by atoms with E-state index in [0.29, 0.717) is 10.6 Å². The fourth-order valence-electron chi connectivity index (χ4n) is 0.991. The first-order valence-corrected chi connectivity index (χ1v) is 3.69. The monoisotopic (exact) mass is 185 g/mol. The summed E-state index contributed by atoms with van der Waals surface area (Å²) in [6, 6.07) is 3.07. The highest BCUT2D eigenvalue weighted by Gasteiger charge is 2.12. The van der Waals surface area contributed by atoms with Crippen molar-refractivity contribution < 1.29 is 9.90 Å². The summed E-state index contributed by atoms with van der Waals surface area (Å²) >= 11 is 5.71. The number of halogens is 1. The summed E-state index contributed by atoms with van der Waals surface area (Å²) in [7, 11) is 0. The molecule has 3 N–H and O–H groups in total. The van der Waals surface area contributed by atoms with Gasteiger partial charge in [0.1, 0.15) is 0 Å². The number of carbonyl (C=O) groups is 1. The van der Waals surface area contributed by atoms with Gasteiger partial charge in [-0.1, -0.05) is 11.6 Å². The molecule has 12 heavy (non-hydrogen) atoms.